The zero-order chi connectivity index (χ0) is 10.3. The summed E-state index contributed by atoms with van der Waals surface area (Å²) < 4.78 is 0. The smallest absolute Gasteiger partial charge is 0.220 e. The third-order valence-electron chi connectivity index (χ3n) is 1.89. The second-order valence-electron chi connectivity index (χ2n) is 2.88. The molecule has 0 aromatic heterocycles. The van der Waals surface area contributed by atoms with Crippen LogP contribution in [0.15, 0.2) is 37.0 Å². The van der Waals surface area contributed by atoms with Gasteiger partial charge in [-0.1, -0.05) is 38.3 Å². The molecule has 0 bridgehead atoms. The Kier molecular flexibility index (Phi) is 5.60. The van der Waals surface area contributed by atoms with E-state index in [2.05, 4.69) is 18.5 Å². The summed E-state index contributed by atoms with van der Waals surface area (Å²) in [6.45, 7) is 9.28. The summed E-state index contributed by atoms with van der Waals surface area (Å²) >= 11 is 0. The number of carbonyl (C=O) groups excluding carboxylic acids is 1. The molecular formula is C11H17NO. The van der Waals surface area contributed by atoms with Crippen molar-refractivity contribution in [2.45, 2.75) is 13.3 Å². The van der Waals surface area contributed by atoms with Crippen molar-refractivity contribution in [3.63, 3.8) is 0 Å². The maximum atomic E-state index is 11.0. The van der Waals surface area contributed by atoms with Gasteiger partial charge in [0.25, 0.3) is 0 Å². The molecule has 1 atom stereocenters. The molecule has 1 N–H and O–H groups in total. The molecule has 0 aromatic carbocycles. The molecule has 0 saturated carbocycles. The molecular weight excluding hydrogens is 162 g/mol. The molecule has 2 nitrogen and oxygen atoms in total. The van der Waals surface area contributed by atoms with Crippen LogP contribution in [0.1, 0.15) is 13.3 Å². The van der Waals surface area contributed by atoms with Crippen LogP contribution < -0.4 is 5.32 Å². The number of rotatable bonds is 5. The van der Waals surface area contributed by atoms with Crippen LogP contribution in [0.25, 0.3) is 0 Å². The minimum absolute atomic E-state index is 0.0457. The highest BCUT2D eigenvalue weighted by Crippen LogP contribution is 2.15. The van der Waals surface area contributed by atoms with E-state index in [0.717, 1.165) is 5.57 Å². The second kappa shape index (κ2) is 6.23. The Bertz CT molecular complexity index is 228. The first-order chi connectivity index (χ1) is 6.15. The van der Waals surface area contributed by atoms with Crippen LogP contribution in [0.2, 0.25) is 0 Å². The van der Waals surface area contributed by atoms with E-state index in [1.807, 2.05) is 13.0 Å². The topological polar surface area (TPSA) is 29.1 Å². The van der Waals surface area contributed by atoms with Crippen LogP contribution in [0.3, 0.4) is 0 Å². The second-order valence-corrected chi connectivity index (χ2v) is 2.88. The first kappa shape index (κ1) is 11.7. The number of nitrogens with one attached hydrogen (secondary N) is 1. The number of amides is 1. The molecule has 0 aromatic rings. The van der Waals surface area contributed by atoms with E-state index in [-0.39, 0.29) is 11.8 Å². The van der Waals surface area contributed by atoms with Crippen LogP contribution >= 0.6 is 0 Å². The highest BCUT2D eigenvalue weighted by Gasteiger charge is 2.09. The molecule has 0 saturated heterocycles. The van der Waals surface area contributed by atoms with Crippen molar-refractivity contribution in [2.24, 2.45) is 5.92 Å². The summed E-state index contributed by atoms with van der Waals surface area (Å²) in [6.07, 6.45) is 5.83. The SMILES string of the molecule is C=C/C=C(\C=C)C(C)CC(=O)NC. The van der Waals surface area contributed by atoms with E-state index in [0.29, 0.717) is 6.42 Å². The molecule has 0 aliphatic carbocycles. The summed E-state index contributed by atoms with van der Waals surface area (Å²) in [5.74, 6) is 0.236. The molecule has 1 amide bonds. The lowest BCUT2D eigenvalue weighted by Gasteiger charge is -2.10. The molecule has 0 heterocycles. The molecule has 1 unspecified atom stereocenters. The average molecular weight is 179 g/mol. The van der Waals surface area contributed by atoms with Gasteiger partial charge in [-0.05, 0) is 11.5 Å². The summed E-state index contributed by atoms with van der Waals surface area (Å²) in [5.41, 5.74) is 1.04. The van der Waals surface area contributed by atoms with E-state index >= 15 is 0 Å². The highest BCUT2D eigenvalue weighted by atomic mass is 16.1. The Hall–Kier alpha value is -1.31. The summed E-state index contributed by atoms with van der Waals surface area (Å²) in [5, 5.41) is 2.59. The van der Waals surface area contributed by atoms with Gasteiger partial charge in [-0.25, -0.2) is 0 Å². The van der Waals surface area contributed by atoms with Gasteiger partial charge in [0.05, 0.1) is 0 Å². The lowest BCUT2D eigenvalue weighted by Crippen LogP contribution is -2.20. The van der Waals surface area contributed by atoms with Crippen molar-refractivity contribution in [2.75, 3.05) is 7.05 Å². The minimum atomic E-state index is 0.0457. The molecule has 0 fully saturated rings. The van der Waals surface area contributed by atoms with E-state index in [4.69, 9.17) is 0 Å². The molecule has 72 valence electrons. The van der Waals surface area contributed by atoms with Gasteiger partial charge in [-0.3, -0.25) is 4.79 Å². The van der Waals surface area contributed by atoms with Crippen molar-refractivity contribution < 1.29 is 4.79 Å². The Morgan fingerprint density at radius 1 is 1.54 bits per heavy atom. The fourth-order valence-electron chi connectivity index (χ4n) is 1.07. The normalized spacial score (nSPS) is 13.2. The van der Waals surface area contributed by atoms with Crippen molar-refractivity contribution >= 4 is 5.91 Å². The zero-order valence-electron chi connectivity index (χ0n) is 8.34. The maximum absolute atomic E-state index is 11.0. The van der Waals surface area contributed by atoms with Gasteiger partial charge < -0.3 is 5.32 Å². The third-order valence-corrected chi connectivity index (χ3v) is 1.89. The Morgan fingerprint density at radius 2 is 2.15 bits per heavy atom. The number of allylic oxidation sites excluding steroid dienone is 4. The zero-order valence-corrected chi connectivity index (χ0v) is 8.34. The van der Waals surface area contributed by atoms with Crippen LogP contribution in [0, 0.1) is 5.92 Å². The quantitative estimate of drug-likeness (QED) is 0.643. The van der Waals surface area contributed by atoms with Crippen molar-refractivity contribution in [1.82, 2.24) is 5.32 Å². The molecule has 0 radical (unpaired) electrons. The number of carbonyl (C=O) groups is 1. The van der Waals surface area contributed by atoms with Crippen LogP contribution in [-0.2, 0) is 4.79 Å². The van der Waals surface area contributed by atoms with E-state index in [9.17, 15) is 4.79 Å². The summed E-state index contributed by atoms with van der Waals surface area (Å²) in [7, 11) is 1.64. The predicted octanol–water partition coefficient (Wildman–Crippen LogP) is 2.06. The van der Waals surface area contributed by atoms with Gasteiger partial charge in [0.15, 0.2) is 0 Å². The van der Waals surface area contributed by atoms with Crippen LogP contribution in [0.5, 0.6) is 0 Å². The van der Waals surface area contributed by atoms with E-state index in [1.54, 1.807) is 19.2 Å². The highest BCUT2D eigenvalue weighted by molar-refractivity contribution is 5.76. The third kappa shape index (κ3) is 4.31. The minimum Gasteiger partial charge on any atom is -0.359 e. The maximum Gasteiger partial charge on any atom is 0.220 e. The van der Waals surface area contributed by atoms with Gasteiger partial charge in [0.2, 0.25) is 5.91 Å². The Labute approximate surface area is 80.0 Å². The monoisotopic (exact) mass is 179 g/mol. The Morgan fingerprint density at radius 3 is 2.54 bits per heavy atom. The van der Waals surface area contributed by atoms with Crippen molar-refractivity contribution in [3.05, 3.63) is 37.0 Å². The lowest BCUT2D eigenvalue weighted by molar-refractivity contribution is -0.121. The van der Waals surface area contributed by atoms with Crippen molar-refractivity contribution in [1.29, 1.82) is 0 Å². The average Bonchev–Trinajstić information content (AvgIpc) is 2.13. The number of hydrogen-bond acceptors (Lipinski definition) is 1. The van der Waals surface area contributed by atoms with Crippen LogP contribution in [0.4, 0.5) is 0 Å². The van der Waals surface area contributed by atoms with Gasteiger partial charge >= 0.3 is 0 Å². The molecule has 0 spiro atoms. The fourth-order valence-corrected chi connectivity index (χ4v) is 1.07. The standard InChI is InChI=1S/C11H17NO/c1-5-7-10(6-2)9(3)8-11(13)12-4/h5-7,9H,1-2,8H2,3-4H3,(H,12,13)/b10-7+. The van der Waals surface area contributed by atoms with E-state index in [1.165, 1.54) is 0 Å². The van der Waals surface area contributed by atoms with Gasteiger partial charge in [0.1, 0.15) is 0 Å². The summed E-state index contributed by atoms with van der Waals surface area (Å²) in [6, 6.07) is 0. The van der Waals surface area contributed by atoms with Gasteiger partial charge in [-0.15, -0.1) is 0 Å². The Balaban J connectivity index is 4.29. The molecule has 2 heteroatoms. The largest absolute Gasteiger partial charge is 0.359 e. The number of hydrogen-bond donors (Lipinski definition) is 1. The first-order valence-corrected chi connectivity index (χ1v) is 4.31. The summed E-state index contributed by atoms with van der Waals surface area (Å²) in [4.78, 5) is 11.0. The van der Waals surface area contributed by atoms with Gasteiger partial charge in [0, 0.05) is 13.5 Å². The van der Waals surface area contributed by atoms with E-state index < -0.39 is 0 Å². The molecule has 0 rings (SSSR count). The lowest BCUT2D eigenvalue weighted by atomic mass is 9.97. The predicted molar refractivity (Wildman–Crippen MR) is 56.3 cm³/mol. The van der Waals surface area contributed by atoms with Crippen molar-refractivity contribution in [3.8, 4) is 0 Å². The molecule has 0 aliphatic rings. The van der Waals surface area contributed by atoms with Crippen LogP contribution in [-0.4, -0.2) is 13.0 Å². The molecule has 0 aliphatic heterocycles. The molecule has 13 heavy (non-hydrogen) atoms. The van der Waals surface area contributed by atoms with Gasteiger partial charge in [-0.2, -0.15) is 0 Å². The first-order valence-electron chi connectivity index (χ1n) is 4.31. The fraction of sp³-hybridized carbons (Fsp3) is 0.364.